The fraction of sp³-hybridized carbons (Fsp3) is 0.263. The third-order valence-electron chi connectivity index (χ3n) is 3.58. The minimum absolute atomic E-state index is 0.152. The maximum atomic E-state index is 5.53. The molecule has 0 fully saturated rings. The van der Waals surface area contributed by atoms with Crippen LogP contribution in [0.3, 0.4) is 0 Å². The molecule has 1 aromatic carbocycles. The fourth-order valence-corrected chi connectivity index (χ4v) is 3.36. The van der Waals surface area contributed by atoms with Crippen molar-refractivity contribution in [3.63, 3.8) is 0 Å². The van der Waals surface area contributed by atoms with E-state index in [1.54, 1.807) is 31.4 Å². The first-order valence-electron chi connectivity index (χ1n) is 8.17. The number of methoxy groups -OCH3 is 2. The number of rotatable bonds is 6. The molecule has 7 heteroatoms. The average Bonchev–Trinajstić information content (AvgIpc) is 3.28. The lowest BCUT2D eigenvalue weighted by Gasteiger charge is -2.11. The van der Waals surface area contributed by atoms with E-state index in [0.717, 1.165) is 27.6 Å². The van der Waals surface area contributed by atoms with Crippen molar-refractivity contribution in [1.29, 1.82) is 0 Å². The van der Waals surface area contributed by atoms with E-state index >= 15 is 0 Å². The summed E-state index contributed by atoms with van der Waals surface area (Å²) in [6, 6.07) is 9.50. The molecule has 2 heterocycles. The molecule has 0 spiro atoms. The molecule has 0 saturated heterocycles. The van der Waals surface area contributed by atoms with E-state index in [0.29, 0.717) is 5.76 Å². The van der Waals surface area contributed by atoms with Crippen LogP contribution < -0.4 is 14.3 Å². The van der Waals surface area contributed by atoms with Gasteiger partial charge in [0.05, 0.1) is 32.4 Å². The quantitative estimate of drug-likeness (QED) is 0.615. The molecule has 0 atom stereocenters. The third-order valence-corrected chi connectivity index (χ3v) is 4.41. The zero-order chi connectivity index (χ0) is 18.5. The molecular weight excluding hydrogens is 350 g/mol. The van der Waals surface area contributed by atoms with Crippen molar-refractivity contribution in [2.75, 3.05) is 14.2 Å². The summed E-state index contributed by atoms with van der Waals surface area (Å²) in [5.74, 6) is 2.15. The van der Waals surface area contributed by atoms with Crippen LogP contribution in [0.1, 0.15) is 19.6 Å². The zero-order valence-corrected chi connectivity index (χ0v) is 16.0. The van der Waals surface area contributed by atoms with Gasteiger partial charge in [-0.3, -0.25) is 4.99 Å². The van der Waals surface area contributed by atoms with Crippen molar-refractivity contribution in [2.45, 2.75) is 19.9 Å². The lowest BCUT2D eigenvalue weighted by molar-refractivity contribution is 0.404. The highest BCUT2D eigenvalue weighted by Crippen LogP contribution is 2.33. The Morgan fingerprint density at radius 3 is 2.69 bits per heavy atom. The second kappa shape index (κ2) is 8.05. The van der Waals surface area contributed by atoms with Crippen LogP contribution in [0.5, 0.6) is 11.5 Å². The molecular formula is C19H21N3O3S. The van der Waals surface area contributed by atoms with E-state index in [4.69, 9.17) is 13.9 Å². The van der Waals surface area contributed by atoms with Gasteiger partial charge in [-0.15, -0.1) is 11.3 Å². The number of hydrogen-bond acceptors (Lipinski definition) is 6. The largest absolute Gasteiger partial charge is 0.497 e. The van der Waals surface area contributed by atoms with Gasteiger partial charge in [-0.05, 0) is 44.2 Å². The molecule has 0 aliphatic heterocycles. The van der Waals surface area contributed by atoms with Crippen LogP contribution in [0, 0.1) is 0 Å². The highest BCUT2D eigenvalue weighted by molar-refractivity contribution is 7.07. The molecule has 0 bridgehead atoms. The monoisotopic (exact) mass is 371 g/mol. The first kappa shape index (κ1) is 18.0. The van der Waals surface area contributed by atoms with Gasteiger partial charge in [-0.2, -0.15) is 5.10 Å². The van der Waals surface area contributed by atoms with Crippen molar-refractivity contribution in [2.24, 2.45) is 10.1 Å². The molecule has 3 rings (SSSR count). The van der Waals surface area contributed by atoms with Gasteiger partial charge < -0.3 is 13.9 Å². The van der Waals surface area contributed by atoms with Gasteiger partial charge in [0.25, 0.3) is 0 Å². The Labute approximate surface area is 156 Å². The molecule has 0 aliphatic rings. The summed E-state index contributed by atoms with van der Waals surface area (Å²) in [5, 5.41) is 6.60. The Kier molecular flexibility index (Phi) is 5.58. The lowest BCUT2D eigenvalue weighted by atomic mass is 10.1. The number of nitrogens with zero attached hydrogens (tertiary/aromatic N) is 3. The maximum Gasteiger partial charge on any atom is 0.206 e. The van der Waals surface area contributed by atoms with Gasteiger partial charge in [0, 0.05) is 17.0 Å². The van der Waals surface area contributed by atoms with Gasteiger partial charge in [-0.25, -0.2) is 4.68 Å². The summed E-state index contributed by atoms with van der Waals surface area (Å²) in [5.41, 5.74) is 1.75. The molecule has 0 unspecified atom stereocenters. The molecule has 3 aromatic rings. The number of hydrogen-bond donors (Lipinski definition) is 0. The second-order valence-corrected chi connectivity index (χ2v) is 6.60. The molecule has 2 aromatic heterocycles. The summed E-state index contributed by atoms with van der Waals surface area (Å²) < 4.78 is 18.0. The van der Waals surface area contributed by atoms with Crippen molar-refractivity contribution < 1.29 is 13.9 Å². The van der Waals surface area contributed by atoms with E-state index < -0.39 is 0 Å². The zero-order valence-electron chi connectivity index (χ0n) is 15.2. The van der Waals surface area contributed by atoms with Crippen molar-refractivity contribution in [1.82, 2.24) is 4.68 Å². The van der Waals surface area contributed by atoms with Gasteiger partial charge in [0.15, 0.2) is 0 Å². The van der Waals surface area contributed by atoms with Crippen LogP contribution in [-0.4, -0.2) is 31.2 Å². The molecule has 0 radical (unpaired) electrons. The van der Waals surface area contributed by atoms with Crippen molar-refractivity contribution >= 4 is 17.6 Å². The van der Waals surface area contributed by atoms with Gasteiger partial charge in [0.2, 0.25) is 4.80 Å². The summed E-state index contributed by atoms with van der Waals surface area (Å²) in [4.78, 5) is 5.46. The number of furan rings is 1. The number of thiazole rings is 1. The molecule has 0 amide bonds. The molecule has 0 N–H and O–H groups in total. The normalized spacial score (nSPS) is 12.3. The van der Waals surface area contributed by atoms with Crippen LogP contribution in [0.25, 0.3) is 11.3 Å². The Hall–Kier alpha value is -2.80. The Bertz CT molecular complexity index is 953. The SMILES string of the molecule is COc1ccc(OC)c(-c2csc(=NC(C)C)n2N=Cc2ccco2)c1. The minimum atomic E-state index is 0.152. The second-order valence-electron chi connectivity index (χ2n) is 5.76. The number of benzene rings is 1. The molecule has 26 heavy (non-hydrogen) atoms. The Morgan fingerprint density at radius 2 is 2.04 bits per heavy atom. The van der Waals surface area contributed by atoms with E-state index in [-0.39, 0.29) is 6.04 Å². The van der Waals surface area contributed by atoms with Crippen LogP contribution in [-0.2, 0) is 0 Å². The first-order valence-corrected chi connectivity index (χ1v) is 9.05. The summed E-state index contributed by atoms with van der Waals surface area (Å²) in [6.07, 6.45) is 3.28. The number of aromatic nitrogens is 1. The van der Waals surface area contributed by atoms with Gasteiger partial charge in [-0.1, -0.05) is 0 Å². The predicted octanol–water partition coefficient (Wildman–Crippen LogP) is 4.02. The van der Waals surface area contributed by atoms with Crippen molar-refractivity contribution in [3.8, 4) is 22.8 Å². The standard InChI is InChI=1S/C19H21N3O3S/c1-13(2)21-19-22(20-11-15-6-5-9-25-15)17(12-26-19)16-10-14(23-3)7-8-18(16)24-4/h5-13H,1-4H3. The maximum absolute atomic E-state index is 5.53. The lowest BCUT2D eigenvalue weighted by Crippen LogP contribution is -2.14. The summed E-state index contributed by atoms with van der Waals surface area (Å²) in [7, 11) is 3.29. The van der Waals surface area contributed by atoms with Gasteiger partial charge in [0.1, 0.15) is 17.3 Å². The third kappa shape index (κ3) is 3.88. The topological polar surface area (TPSA) is 61.2 Å². The Morgan fingerprint density at radius 1 is 1.19 bits per heavy atom. The minimum Gasteiger partial charge on any atom is -0.497 e. The van der Waals surface area contributed by atoms with E-state index in [1.807, 2.05) is 49.6 Å². The van der Waals surface area contributed by atoms with Crippen molar-refractivity contribution in [3.05, 3.63) is 52.5 Å². The van der Waals surface area contributed by atoms with Gasteiger partial charge >= 0.3 is 0 Å². The highest BCUT2D eigenvalue weighted by atomic mass is 32.1. The smallest absolute Gasteiger partial charge is 0.206 e. The van der Waals surface area contributed by atoms with Crippen LogP contribution in [0.4, 0.5) is 0 Å². The Balaban J connectivity index is 2.18. The van der Waals surface area contributed by atoms with E-state index in [2.05, 4.69) is 10.1 Å². The average molecular weight is 371 g/mol. The number of ether oxygens (including phenoxy) is 2. The molecule has 136 valence electrons. The molecule has 0 aliphatic carbocycles. The van der Waals surface area contributed by atoms with Crippen LogP contribution in [0.2, 0.25) is 0 Å². The van der Waals surface area contributed by atoms with E-state index in [9.17, 15) is 0 Å². The summed E-state index contributed by atoms with van der Waals surface area (Å²) >= 11 is 1.52. The highest BCUT2D eigenvalue weighted by Gasteiger charge is 2.14. The summed E-state index contributed by atoms with van der Waals surface area (Å²) in [6.45, 7) is 4.07. The molecule has 6 nitrogen and oxygen atoms in total. The molecule has 0 saturated carbocycles. The fourth-order valence-electron chi connectivity index (χ4n) is 2.40. The van der Waals surface area contributed by atoms with Crippen LogP contribution >= 0.6 is 11.3 Å². The first-order chi connectivity index (χ1) is 12.6. The predicted molar refractivity (Wildman–Crippen MR) is 103 cm³/mol. The van der Waals surface area contributed by atoms with E-state index in [1.165, 1.54) is 11.3 Å². The van der Waals surface area contributed by atoms with Crippen LogP contribution in [0.15, 0.2) is 56.5 Å².